The minimum absolute atomic E-state index is 0.206. The van der Waals surface area contributed by atoms with Crippen molar-refractivity contribution in [1.82, 2.24) is 0 Å². The molecule has 6 heteroatoms. The Morgan fingerprint density at radius 3 is 1.92 bits per heavy atom. The Morgan fingerprint density at radius 2 is 1.58 bits per heavy atom. The van der Waals surface area contributed by atoms with Gasteiger partial charge in [0.2, 0.25) is 0 Å². The maximum absolute atomic E-state index is 13.9. The van der Waals surface area contributed by atoms with Crippen LogP contribution in [0.1, 0.15) is 53.4 Å². The summed E-state index contributed by atoms with van der Waals surface area (Å²) in [5.74, 6) is -1.58. The molecular weight excluding hydrogens is 330 g/mol. The van der Waals surface area contributed by atoms with Gasteiger partial charge in [0, 0.05) is 0 Å². The SMILES string of the molecule is CCC(CC=C(C)C)C(C1=CC=C(C)CC1)(C(F)(F)F)C(F)(F)F. The molecule has 138 valence electrons. The van der Waals surface area contributed by atoms with Crippen molar-refractivity contribution in [3.8, 4) is 0 Å². The first kappa shape index (κ1) is 20.8. The summed E-state index contributed by atoms with van der Waals surface area (Å²) in [6, 6.07) is 0. The van der Waals surface area contributed by atoms with Crippen LogP contribution in [0.3, 0.4) is 0 Å². The molecule has 0 aromatic rings. The molecular formula is C18H24F6. The third-order valence-electron chi connectivity index (χ3n) is 4.67. The Labute approximate surface area is 139 Å². The van der Waals surface area contributed by atoms with Crippen molar-refractivity contribution >= 4 is 0 Å². The number of allylic oxidation sites excluding steroid dienone is 6. The van der Waals surface area contributed by atoms with E-state index >= 15 is 0 Å². The summed E-state index contributed by atoms with van der Waals surface area (Å²) < 4.78 is 83.5. The van der Waals surface area contributed by atoms with Crippen LogP contribution >= 0.6 is 0 Å². The van der Waals surface area contributed by atoms with Crippen LogP contribution in [0, 0.1) is 11.3 Å². The van der Waals surface area contributed by atoms with Crippen LogP contribution < -0.4 is 0 Å². The lowest BCUT2D eigenvalue weighted by atomic mass is 9.64. The molecule has 24 heavy (non-hydrogen) atoms. The zero-order valence-electron chi connectivity index (χ0n) is 14.4. The van der Waals surface area contributed by atoms with E-state index in [0.717, 1.165) is 11.6 Å². The van der Waals surface area contributed by atoms with Crippen LogP contribution in [0.25, 0.3) is 0 Å². The van der Waals surface area contributed by atoms with E-state index in [9.17, 15) is 26.3 Å². The molecule has 0 aromatic heterocycles. The molecule has 0 nitrogen and oxygen atoms in total. The monoisotopic (exact) mass is 354 g/mol. The molecule has 0 aromatic carbocycles. The number of rotatable bonds is 5. The van der Waals surface area contributed by atoms with Crippen molar-refractivity contribution in [3.05, 3.63) is 34.9 Å². The van der Waals surface area contributed by atoms with Gasteiger partial charge in [0.05, 0.1) is 0 Å². The number of hydrogen-bond donors (Lipinski definition) is 0. The lowest BCUT2D eigenvalue weighted by Gasteiger charge is -2.45. The van der Waals surface area contributed by atoms with Gasteiger partial charge in [-0.2, -0.15) is 26.3 Å². The second-order valence-corrected chi connectivity index (χ2v) is 6.63. The molecule has 0 saturated heterocycles. The summed E-state index contributed by atoms with van der Waals surface area (Å²) in [5.41, 5.74) is -2.87. The summed E-state index contributed by atoms with van der Waals surface area (Å²) >= 11 is 0. The van der Waals surface area contributed by atoms with Gasteiger partial charge in [0.1, 0.15) is 0 Å². The van der Waals surface area contributed by atoms with Gasteiger partial charge in [-0.1, -0.05) is 42.7 Å². The summed E-state index contributed by atoms with van der Waals surface area (Å²) in [6.07, 6.45) is -7.38. The van der Waals surface area contributed by atoms with E-state index in [0.29, 0.717) is 5.57 Å². The molecule has 1 unspecified atom stereocenters. The topological polar surface area (TPSA) is 0 Å². The molecule has 0 saturated carbocycles. The first-order valence-electron chi connectivity index (χ1n) is 8.01. The van der Waals surface area contributed by atoms with E-state index in [1.165, 1.54) is 19.1 Å². The van der Waals surface area contributed by atoms with Gasteiger partial charge in [-0.05, 0) is 51.5 Å². The van der Waals surface area contributed by atoms with Crippen molar-refractivity contribution in [2.24, 2.45) is 11.3 Å². The van der Waals surface area contributed by atoms with Crippen molar-refractivity contribution in [2.45, 2.75) is 65.7 Å². The Hall–Kier alpha value is -1.20. The lowest BCUT2D eigenvalue weighted by Crippen LogP contribution is -2.56. The molecule has 0 N–H and O–H groups in total. The highest BCUT2D eigenvalue weighted by atomic mass is 19.4. The Balaban J connectivity index is 3.63. The Kier molecular flexibility index (Phi) is 6.39. The van der Waals surface area contributed by atoms with Gasteiger partial charge >= 0.3 is 12.4 Å². The van der Waals surface area contributed by atoms with Crippen LogP contribution in [0.15, 0.2) is 34.9 Å². The van der Waals surface area contributed by atoms with E-state index in [4.69, 9.17) is 0 Å². The molecule has 0 fully saturated rings. The molecule has 0 heterocycles. The predicted octanol–water partition coefficient (Wildman–Crippen LogP) is 7.15. The third kappa shape index (κ3) is 3.89. The smallest absolute Gasteiger partial charge is 0.170 e. The fourth-order valence-corrected chi connectivity index (χ4v) is 3.35. The molecule has 1 rings (SSSR count). The van der Waals surface area contributed by atoms with Gasteiger partial charge < -0.3 is 0 Å². The summed E-state index contributed by atoms with van der Waals surface area (Å²) in [5, 5.41) is 0. The molecule has 1 atom stereocenters. The zero-order chi connectivity index (χ0) is 18.8. The second kappa shape index (κ2) is 7.36. The van der Waals surface area contributed by atoms with Crippen LogP contribution in [0.2, 0.25) is 0 Å². The first-order chi connectivity index (χ1) is 10.9. The zero-order valence-corrected chi connectivity index (χ0v) is 14.4. The second-order valence-electron chi connectivity index (χ2n) is 6.63. The minimum Gasteiger partial charge on any atom is -0.170 e. The number of alkyl halides is 6. The Morgan fingerprint density at radius 1 is 1.04 bits per heavy atom. The number of hydrogen-bond acceptors (Lipinski definition) is 0. The molecule has 0 amide bonds. The van der Waals surface area contributed by atoms with Gasteiger partial charge in [-0.25, -0.2) is 0 Å². The predicted molar refractivity (Wildman–Crippen MR) is 83.4 cm³/mol. The van der Waals surface area contributed by atoms with E-state index in [1.54, 1.807) is 20.8 Å². The Bertz CT molecular complexity index is 513. The van der Waals surface area contributed by atoms with Gasteiger partial charge in [0.25, 0.3) is 0 Å². The third-order valence-corrected chi connectivity index (χ3v) is 4.67. The van der Waals surface area contributed by atoms with Crippen molar-refractivity contribution < 1.29 is 26.3 Å². The van der Waals surface area contributed by atoms with Crippen molar-refractivity contribution in [2.75, 3.05) is 0 Å². The van der Waals surface area contributed by atoms with E-state index < -0.39 is 29.3 Å². The van der Waals surface area contributed by atoms with Crippen LogP contribution in [0.4, 0.5) is 26.3 Å². The lowest BCUT2D eigenvalue weighted by molar-refractivity contribution is -0.343. The highest BCUT2D eigenvalue weighted by molar-refractivity contribution is 5.32. The van der Waals surface area contributed by atoms with E-state index in [1.807, 2.05) is 0 Å². The standard InChI is InChI=1S/C18H24F6/c1-5-14(9-6-12(2)3)16(17(19,20)21,18(22,23)24)15-10-7-13(4)8-11-15/h6-7,10,14H,5,8-9,11H2,1-4H3. The van der Waals surface area contributed by atoms with Crippen molar-refractivity contribution in [3.63, 3.8) is 0 Å². The molecule has 0 bridgehead atoms. The van der Waals surface area contributed by atoms with Crippen LogP contribution in [-0.4, -0.2) is 12.4 Å². The fraction of sp³-hybridized carbons (Fsp3) is 0.667. The highest BCUT2D eigenvalue weighted by Gasteiger charge is 2.74. The molecule has 0 radical (unpaired) electrons. The van der Waals surface area contributed by atoms with E-state index in [-0.39, 0.29) is 25.7 Å². The molecule has 1 aliphatic rings. The van der Waals surface area contributed by atoms with E-state index in [2.05, 4.69) is 0 Å². The molecule has 0 aliphatic heterocycles. The van der Waals surface area contributed by atoms with Gasteiger partial charge in [-0.3, -0.25) is 0 Å². The molecule has 0 spiro atoms. The maximum atomic E-state index is 13.9. The fourth-order valence-electron chi connectivity index (χ4n) is 3.35. The minimum atomic E-state index is -5.40. The van der Waals surface area contributed by atoms with Crippen LogP contribution in [-0.2, 0) is 0 Å². The van der Waals surface area contributed by atoms with Crippen LogP contribution in [0.5, 0.6) is 0 Å². The average Bonchev–Trinajstić information content (AvgIpc) is 2.41. The maximum Gasteiger partial charge on any atom is 0.407 e. The summed E-state index contributed by atoms with van der Waals surface area (Å²) in [7, 11) is 0. The normalized spacial score (nSPS) is 17.9. The first-order valence-corrected chi connectivity index (χ1v) is 8.01. The average molecular weight is 354 g/mol. The summed E-state index contributed by atoms with van der Waals surface area (Å²) in [6.45, 7) is 6.43. The number of halogens is 6. The van der Waals surface area contributed by atoms with Gasteiger partial charge in [-0.15, -0.1) is 0 Å². The van der Waals surface area contributed by atoms with Crippen molar-refractivity contribution in [1.29, 1.82) is 0 Å². The highest BCUT2D eigenvalue weighted by Crippen LogP contribution is 2.62. The quantitative estimate of drug-likeness (QED) is 0.363. The molecule has 1 aliphatic carbocycles. The van der Waals surface area contributed by atoms with Gasteiger partial charge in [0.15, 0.2) is 5.41 Å². The largest absolute Gasteiger partial charge is 0.407 e. The summed E-state index contributed by atoms with van der Waals surface area (Å²) in [4.78, 5) is 0.